The zero-order valence-corrected chi connectivity index (χ0v) is 11.0. The van der Waals surface area contributed by atoms with Crippen LogP contribution in [0.4, 0.5) is 4.79 Å². The number of ether oxygens (including phenoxy) is 1. The molecule has 0 saturated heterocycles. The summed E-state index contributed by atoms with van der Waals surface area (Å²) in [5, 5.41) is 3.04. The number of carbonyl (C=O) groups is 1. The predicted molar refractivity (Wildman–Crippen MR) is 74.6 cm³/mol. The number of alkyl carbamates (subject to hydrolysis) is 1. The summed E-state index contributed by atoms with van der Waals surface area (Å²) < 4.78 is 5.30. The Hall–Kier alpha value is -1.74. The van der Waals surface area contributed by atoms with Gasteiger partial charge in [0.25, 0.3) is 0 Å². The molecule has 18 heavy (non-hydrogen) atoms. The van der Waals surface area contributed by atoms with Gasteiger partial charge in [0, 0.05) is 24.1 Å². The van der Waals surface area contributed by atoms with Gasteiger partial charge in [-0.05, 0) is 17.7 Å². The average Bonchev–Trinajstić information content (AvgIpc) is 2.37. The number of amides is 1. The van der Waals surface area contributed by atoms with Gasteiger partial charge in [0.15, 0.2) is 0 Å². The van der Waals surface area contributed by atoms with Crippen molar-refractivity contribution in [3.05, 3.63) is 53.6 Å². The highest BCUT2D eigenvalue weighted by Crippen LogP contribution is 2.28. The Labute approximate surface area is 112 Å². The molecule has 0 aromatic heterocycles. The number of nitrogens with one attached hydrogen (secondary N) is 1. The van der Waals surface area contributed by atoms with E-state index < -0.39 is 12.2 Å². The second-order valence-electron chi connectivity index (χ2n) is 3.65. The summed E-state index contributed by atoms with van der Waals surface area (Å²) in [7, 11) is 1.52. The zero-order chi connectivity index (χ0) is 13.5. The van der Waals surface area contributed by atoms with Gasteiger partial charge < -0.3 is 10.1 Å². The smallest absolute Gasteiger partial charge is 0.407 e. The molecule has 0 saturated carbocycles. The van der Waals surface area contributed by atoms with Crippen LogP contribution < -0.4 is 5.32 Å². The molecule has 0 aliphatic rings. The molecule has 1 atom stereocenters. The standard InChI is InChI=1S/C14H16ClNO2/c1-4-6-13(18-14(17)16-3)12-8-7-11(15)9-10(12)5-2/h4-5,7-9,13H,1-2,6H2,3H3,(H,16,17). The number of benzene rings is 1. The third-order valence-electron chi connectivity index (χ3n) is 2.45. The van der Waals surface area contributed by atoms with Gasteiger partial charge >= 0.3 is 6.09 Å². The van der Waals surface area contributed by atoms with Crippen LogP contribution in [-0.4, -0.2) is 13.1 Å². The van der Waals surface area contributed by atoms with E-state index in [0.717, 1.165) is 11.1 Å². The third kappa shape index (κ3) is 3.64. The van der Waals surface area contributed by atoms with Gasteiger partial charge in [0.05, 0.1) is 0 Å². The van der Waals surface area contributed by atoms with Crippen LogP contribution in [0.5, 0.6) is 0 Å². The zero-order valence-electron chi connectivity index (χ0n) is 10.3. The molecule has 0 heterocycles. The molecule has 0 spiro atoms. The molecule has 96 valence electrons. The Morgan fingerprint density at radius 3 is 2.83 bits per heavy atom. The summed E-state index contributed by atoms with van der Waals surface area (Å²) in [6.45, 7) is 7.40. The number of hydrogen-bond acceptors (Lipinski definition) is 2. The fourth-order valence-electron chi connectivity index (χ4n) is 1.59. The fraction of sp³-hybridized carbons (Fsp3) is 0.214. The summed E-state index contributed by atoms with van der Waals surface area (Å²) in [6.07, 6.45) is 3.04. The molecule has 1 amide bonds. The van der Waals surface area contributed by atoms with Crippen molar-refractivity contribution in [2.75, 3.05) is 7.05 Å². The van der Waals surface area contributed by atoms with Gasteiger partial charge in [-0.3, -0.25) is 0 Å². The van der Waals surface area contributed by atoms with Crippen LogP contribution in [0.15, 0.2) is 37.4 Å². The van der Waals surface area contributed by atoms with E-state index in [0.29, 0.717) is 11.4 Å². The molecule has 1 aromatic rings. The van der Waals surface area contributed by atoms with E-state index in [9.17, 15) is 4.79 Å². The molecule has 0 bridgehead atoms. The summed E-state index contributed by atoms with van der Waals surface area (Å²) in [5.74, 6) is 0. The lowest BCUT2D eigenvalue weighted by atomic mass is 10.00. The highest BCUT2D eigenvalue weighted by Gasteiger charge is 2.17. The first-order valence-electron chi connectivity index (χ1n) is 5.53. The van der Waals surface area contributed by atoms with Crippen LogP contribution in [0.25, 0.3) is 6.08 Å². The van der Waals surface area contributed by atoms with Crippen molar-refractivity contribution in [3.8, 4) is 0 Å². The lowest BCUT2D eigenvalue weighted by Crippen LogP contribution is -2.22. The summed E-state index contributed by atoms with van der Waals surface area (Å²) in [6, 6.07) is 5.37. The first-order chi connectivity index (χ1) is 8.62. The summed E-state index contributed by atoms with van der Waals surface area (Å²) in [5.41, 5.74) is 1.70. The fourth-order valence-corrected chi connectivity index (χ4v) is 1.77. The molecule has 0 fully saturated rings. The third-order valence-corrected chi connectivity index (χ3v) is 2.68. The van der Waals surface area contributed by atoms with E-state index in [1.807, 2.05) is 6.07 Å². The molecule has 1 N–H and O–H groups in total. The van der Waals surface area contributed by atoms with Crippen molar-refractivity contribution in [1.29, 1.82) is 0 Å². The van der Waals surface area contributed by atoms with E-state index in [2.05, 4.69) is 18.5 Å². The molecular weight excluding hydrogens is 250 g/mol. The van der Waals surface area contributed by atoms with E-state index in [1.54, 1.807) is 24.3 Å². The summed E-state index contributed by atoms with van der Waals surface area (Å²) in [4.78, 5) is 11.3. The molecule has 0 aliphatic carbocycles. The van der Waals surface area contributed by atoms with Gasteiger partial charge in [0.1, 0.15) is 6.10 Å². The summed E-state index contributed by atoms with van der Waals surface area (Å²) >= 11 is 5.92. The largest absolute Gasteiger partial charge is 0.441 e. The van der Waals surface area contributed by atoms with Crippen LogP contribution >= 0.6 is 11.6 Å². The maximum Gasteiger partial charge on any atom is 0.407 e. The van der Waals surface area contributed by atoms with Crippen LogP contribution in [-0.2, 0) is 4.74 Å². The normalized spacial score (nSPS) is 11.4. The van der Waals surface area contributed by atoms with Crippen molar-refractivity contribution in [3.63, 3.8) is 0 Å². The maximum atomic E-state index is 11.3. The van der Waals surface area contributed by atoms with E-state index in [1.165, 1.54) is 7.05 Å². The quantitative estimate of drug-likeness (QED) is 0.819. The van der Waals surface area contributed by atoms with Crippen molar-refractivity contribution in [2.24, 2.45) is 0 Å². The number of rotatable bonds is 5. The lowest BCUT2D eigenvalue weighted by molar-refractivity contribution is 0.101. The highest BCUT2D eigenvalue weighted by atomic mass is 35.5. The molecule has 0 aliphatic heterocycles. The monoisotopic (exact) mass is 265 g/mol. The topological polar surface area (TPSA) is 38.3 Å². The van der Waals surface area contributed by atoms with Gasteiger partial charge in [-0.2, -0.15) is 0 Å². The minimum absolute atomic E-state index is 0.396. The van der Waals surface area contributed by atoms with Crippen molar-refractivity contribution >= 4 is 23.8 Å². The van der Waals surface area contributed by atoms with Gasteiger partial charge in [-0.15, -0.1) is 6.58 Å². The molecule has 1 rings (SSSR count). The Balaban J connectivity index is 3.07. The molecule has 1 unspecified atom stereocenters. The van der Waals surface area contributed by atoms with Crippen molar-refractivity contribution in [2.45, 2.75) is 12.5 Å². The van der Waals surface area contributed by atoms with Crippen LogP contribution in [0.3, 0.4) is 0 Å². The van der Waals surface area contributed by atoms with E-state index in [-0.39, 0.29) is 0 Å². The van der Waals surface area contributed by atoms with Gasteiger partial charge in [-0.1, -0.05) is 36.4 Å². The first kappa shape index (κ1) is 14.3. The Kier molecular flexibility index (Phi) is 5.46. The first-order valence-corrected chi connectivity index (χ1v) is 5.91. The van der Waals surface area contributed by atoms with Crippen molar-refractivity contribution < 1.29 is 9.53 Å². The molecule has 1 aromatic carbocycles. The Bertz CT molecular complexity index is 457. The SMILES string of the molecule is C=CCC(OC(=O)NC)c1ccc(Cl)cc1C=C. The predicted octanol–water partition coefficient (Wildman–Crippen LogP) is 3.96. The van der Waals surface area contributed by atoms with E-state index in [4.69, 9.17) is 16.3 Å². The number of hydrogen-bond donors (Lipinski definition) is 1. The second kappa shape index (κ2) is 6.87. The molecule has 0 radical (unpaired) electrons. The van der Waals surface area contributed by atoms with Crippen LogP contribution in [0.1, 0.15) is 23.7 Å². The van der Waals surface area contributed by atoms with Crippen molar-refractivity contribution in [1.82, 2.24) is 5.32 Å². The Morgan fingerprint density at radius 1 is 1.56 bits per heavy atom. The van der Waals surface area contributed by atoms with Crippen LogP contribution in [0.2, 0.25) is 5.02 Å². The Morgan fingerprint density at radius 2 is 2.28 bits per heavy atom. The maximum absolute atomic E-state index is 11.3. The minimum atomic E-state index is -0.480. The molecular formula is C14H16ClNO2. The average molecular weight is 266 g/mol. The second-order valence-corrected chi connectivity index (χ2v) is 4.08. The highest BCUT2D eigenvalue weighted by molar-refractivity contribution is 6.30. The molecule has 3 nitrogen and oxygen atoms in total. The number of carbonyl (C=O) groups excluding carboxylic acids is 1. The minimum Gasteiger partial charge on any atom is -0.441 e. The molecule has 4 heteroatoms. The van der Waals surface area contributed by atoms with E-state index >= 15 is 0 Å². The van der Waals surface area contributed by atoms with Gasteiger partial charge in [0.2, 0.25) is 0 Å². The van der Waals surface area contributed by atoms with Crippen LogP contribution in [0, 0.1) is 0 Å². The lowest BCUT2D eigenvalue weighted by Gasteiger charge is -2.18. The number of halogens is 1. The van der Waals surface area contributed by atoms with Gasteiger partial charge in [-0.25, -0.2) is 4.79 Å².